The third-order valence-electron chi connectivity index (χ3n) is 12.2. The van der Waals surface area contributed by atoms with E-state index in [0.29, 0.717) is 53.5 Å². The molecule has 3 N–H and O–H groups in total. The van der Waals surface area contributed by atoms with Gasteiger partial charge in [-0.25, -0.2) is 49.2 Å². The Balaban J connectivity index is 0.000000172. The summed E-state index contributed by atoms with van der Waals surface area (Å²) in [6, 6.07) is 23.2. The van der Waals surface area contributed by atoms with Crippen LogP contribution in [0.1, 0.15) is 64.5 Å². The largest absolute Gasteiger partial charge is 0.381 e. The van der Waals surface area contributed by atoms with E-state index >= 15 is 0 Å². The van der Waals surface area contributed by atoms with Gasteiger partial charge < -0.3 is 16.0 Å². The quantitative estimate of drug-likeness (QED) is 0.0887. The maximum Gasteiger partial charge on any atom is 0.333 e. The zero-order valence-electron chi connectivity index (χ0n) is 42.4. The summed E-state index contributed by atoms with van der Waals surface area (Å²) in [4.78, 5) is 0. The van der Waals surface area contributed by atoms with Crippen LogP contribution in [0.3, 0.4) is 0 Å². The molecule has 0 amide bonds. The average molecular weight is 1110 g/mol. The number of aromatic nitrogens is 6. The minimum atomic E-state index is -2.82. The molecule has 6 aromatic carbocycles. The van der Waals surface area contributed by atoms with Crippen LogP contribution in [0.2, 0.25) is 0 Å². The molecule has 0 radical (unpaired) electrons. The molecule has 9 rings (SSSR count). The molecule has 79 heavy (non-hydrogen) atoms. The lowest BCUT2D eigenvalue weighted by molar-refractivity contribution is 0.0559. The van der Waals surface area contributed by atoms with Gasteiger partial charge in [-0.15, -0.1) is 0 Å². The summed E-state index contributed by atoms with van der Waals surface area (Å²) in [5.74, 6) is -5.02. The first kappa shape index (κ1) is 58.1. The first-order chi connectivity index (χ1) is 37.5. The molecule has 3 aromatic heterocycles. The van der Waals surface area contributed by atoms with Crippen molar-refractivity contribution >= 4 is 17.1 Å². The van der Waals surface area contributed by atoms with E-state index in [1.807, 2.05) is 0 Å². The van der Waals surface area contributed by atoms with Crippen LogP contribution in [0.25, 0.3) is 33.4 Å². The molecule has 0 bridgehead atoms. The van der Waals surface area contributed by atoms with E-state index in [0.717, 1.165) is 48.4 Å². The number of nitrogens with one attached hydrogen (secondary N) is 3. The van der Waals surface area contributed by atoms with E-state index in [4.69, 9.17) is 0 Å². The van der Waals surface area contributed by atoms with Gasteiger partial charge >= 0.3 is 19.6 Å². The van der Waals surface area contributed by atoms with Crippen LogP contribution < -0.4 is 16.0 Å². The first-order valence-electron chi connectivity index (χ1n) is 23.7. The van der Waals surface area contributed by atoms with Crippen LogP contribution in [-0.4, -0.2) is 29.3 Å². The lowest BCUT2D eigenvalue weighted by Crippen LogP contribution is -2.05. The molecular weight excluding hydrogens is 1060 g/mol. The Kier molecular flexibility index (Phi) is 18.5. The first-order valence-corrected chi connectivity index (χ1v) is 23.7. The van der Waals surface area contributed by atoms with E-state index < -0.39 is 60.4 Å². The lowest BCUT2D eigenvalue weighted by Gasteiger charge is -2.11. The molecule has 0 fully saturated rings. The van der Waals surface area contributed by atoms with Gasteiger partial charge in [0.1, 0.15) is 46.5 Å². The van der Waals surface area contributed by atoms with Crippen LogP contribution >= 0.6 is 0 Å². The zero-order chi connectivity index (χ0) is 57.4. The summed E-state index contributed by atoms with van der Waals surface area (Å²) in [6.07, 6.45) is 3.26. The molecule has 0 aliphatic heterocycles. The Morgan fingerprint density at radius 3 is 0.962 bits per heavy atom. The molecule has 0 spiro atoms. The molecule has 9 aromatic rings. The molecule has 414 valence electrons. The highest BCUT2D eigenvalue weighted by molar-refractivity contribution is 5.70. The summed E-state index contributed by atoms with van der Waals surface area (Å²) in [5.41, 5.74) is 4.55. The van der Waals surface area contributed by atoms with Gasteiger partial charge in [-0.05, 0) is 131 Å². The Labute approximate surface area is 443 Å². The lowest BCUT2D eigenvalue weighted by atomic mass is 10.1. The molecule has 0 unspecified atom stereocenters. The number of hydrogen-bond acceptors (Lipinski definition) is 6. The fourth-order valence-corrected chi connectivity index (χ4v) is 8.13. The van der Waals surface area contributed by atoms with Crippen molar-refractivity contribution in [2.75, 3.05) is 16.0 Å². The number of rotatable bonds is 15. The van der Waals surface area contributed by atoms with Crippen LogP contribution in [0.15, 0.2) is 122 Å². The van der Waals surface area contributed by atoms with Crippen molar-refractivity contribution in [1.29, 1.82) is 0 Å². The second-order valence-corrected chi connectivity index (χ2v) is 17.7. The fourth-order valence-electron chi connectivity index (χ4n) is 8.13. The van der Waals surface area contributed by atoms with E-state index in [1.54, 1.807) is 39.0 Å². The van der Waals surface area contributed by atoms with Crippen molar-refractivity contribution < 1.29 is 61.5 Å². The third kappa shape index (κ3) is 14.1. The second kappa shape index (κ2) is 25.2. The van der Waals surface area contributed by atoms with Crippen LogP contribution in [-0.2, 0) is 19.6 Å². The Bertz CT molecular complexity index is 3370. The smallest absolute Gasteiger partial charge is 0.333 e. The number of anilines is 3. The van der Waals surface area contributed by atoms with Crippen molar-refractivity contribution in [1.82, 2.24) is 29.3 Å². The average Bonchev–Trinajstić information content (AvgIpc) is 4.12. The van der Waals surface area contributed by atoms with Crippen molar-refractivity contribution in [3.63, 3.8) is 0 Å². The minimum absolute atomic E-state index is 0.108. The number of alkyl halides is 6. The fraction of sp³-hybridized carbons (Fsp3) is 0.196. The maximum atomic E-state index is 14.5. The van der Waals surface area contributed by atoms with Crippen LogP contribution in [0, 0.1) is 81.2 Å². The molecule has 9 nitrogen and oxygen atoms in total. The second-order valence-electron chi connectivity index (χ2n) is 17.7. The van der Waals surface area contributed by atoms with Gasteiger partial charge in [-0.1, -0.05) is 18.2 Å². The van der Waals surface area contributed by atoms with Crippen molar-refractivity contribution in [2.24, 2.45) is 0 Å². The highest BCUT2D eigenvalue weighted by Gasteiger charge is 2.20. The summed E-state index contributed by atoms with van der Waals surface area (Å²) < 4.78 is 190. The Morgan fingerprint density at radius 1 is 0.354 bits per heavy atom. The summed E-state index contributed by atoms with van der Waals surface area (Å²) in [5, 5.41) is 19.5. The van der Waals surface area contributed by atoms with Crippen LogP contribution in [0.5, 0.6) is 0 Å². The summed E-state index contributed by atoms with van der Waals surface area (Å²) in [6.45, 7) is -0.621. The number of nitrogens with zero attached hydrogens (tertiary/aromatic N) is 6. The van der Waals surface area contributed by atoms with Crippen molar-refractivity contribution in [2.45, 2.75) is 73.9 Å². The predicted molar refractivity (Wildman–Crippen MR) is 271 cm³/mol. The molecule has 0 saturated carbocycles. The van der Waals surface area contributed by atoms with E-state index in [9.17, 15) is 61.5 Å². The van der Waals surface area contributed by atoms with Gasteiger partial charge in [-0.3, -0.25) is 0 Å². The monoisotopic (exact) mass is 1110 g/mol. The van der Waals surface area contributed by atoms with Crippen molar-refractivity contribution in [3.8, 4) is 33.4 Å². The molecule has 0 atom stereocenters. The number of hydrogen-bond donors (Lipinski definition) is 3. The SMILES string of the molecule is Cc1cc(F)c(CNc2ccc(-c3cn(C(F)F)nc3C)c(F)c2)c(F)c1.Cc1cccc(F)c1CNc1ccc(-c2cn(C(F)F)nc2C)c(F)c1.Cc1nn(C(F)F)cc1-c1ccc(NCc2c(F)cccc2F)cc1F. The zero-order valence-corrected chi connectivity index (χ0v) is 42.4. The standard InChI is InChI=1S/C19H16F5N3.C19H17F4N3.C18H14F5N3/c1-10-5-16(20)14(17(21)6-10)8-25-12-3-4-13(18(22)7-12)15-9-27(19(23)24)26-11(15)2;1-11-4-3-5-17(20)15(11)9-24-13-6-7-14(18(21)8-13)16-10-26(19(22)23)25-12(16)2;1-10-14(9-26(25-10)18(22)23)12-6-5-11(7-17(12)21)24-8-13-15(19)3-2-4-16(13)20/h3-7,9,19,25H,8H2,1-2H3;3-8,10,19,24H,9H2,1-2H3;2-7,9,18,24H,8H2,1H3. The van der Waals surface area contributed by atoms with Crippen LogP contribution in [0.4, 0.5) is 78.5 Å². The predicted octanol–water partition coefficient (Wildman–Crippen LogP) is 16.3. The molecule has 0 aliphatic carbocycles. The van der Waals surface area contributed by atoms with Gasteiger partial charge in [0.15, 0.2) is 0 Å². The van der Waals surface area contributed by atoms with Gasteiger partial charge in [0, 0.05) is 105 Å². The molecular formula is C56H47F14N9. The number of aryl methyl sites for hydroxylation is 5. The minimum Gasteiger partial charge on any atom is -0.381 e. The van der Waals surface area contributed by atoms with E-state index in [2.05, 4.69) is 31.2 Å². The van der Waals surface area contributed by atoms with Gasteiger partial charge in [-0.2, -0.15) is 41.6 Å². The third-order valence-corrected chi connectivity index (χ3v) is 12.2. The number of benzene rings is 6. The Hall–Kier alpha value is -8.63. The topological polar surface area (TPSA) is 89.6 Å². The summed E-state index contributed by atoms with van der Waals surface area (Å²) >= 11 is 0. The normalized spacial score (nSPS) is 11.2. The Morgan fingerprint density at radius 2 is 0.658 bits per heavy atom. The van der Waals surface area contributed by atoms with Gasteiger partial charge in [0.25, 0.3) is 0 Å². The van der Waals surface area contributed by atoms with Gasteiger partial charge in [0.05, 0.1) is 17.1 Å². The maximum absolute atomic E-state index is 14.5. The van der Waals surface area contributed by atoms with E-state index in [1.165, 1.54) is 74.5 Å². The molecule has 0 saturated heterocycles. The van der Waals surface area contributed by atoms with Crippen molar-refractivity contribution in [3.05, 3.63) is 213 Å². The van der Waals surface area contributed by atoms with Gasteiger partial charge in [0.2, 0.25) is 0 Å². The van der Waals surface area contributed by atoms with E-state index in [-0.39, 0.29) is 75.8 Å². The summed E-state index contributed by atoms with van der Waals surface area (Å²) in [7, 11) is 0. The number of halogens is 14. The highest BCUT2D eigenvalue weighted by Crippen LogP contribution is 2.33. The molecule has 0 aliphatic rings. The molecule has 23 heteroatoms. The molecule has 3 heterocycles. The highest BCUT2D eigenvalue weighted by atomic mass is 19.3.